The topological polar surface area (TPSA) is 109 Å². The third-order valence-corrected chi connectivity index (χ3v) is 7.08. The Morgan fingerprint density at radius 2 is 0.872 bits per heavy atom. The van der Waals surface area contributed by atoms with Crippen LogP contribution in [0.25, 0.3) is 0 Å². The molecule has 0 spiro atoms. The molecule has 0 heterocycles. The molecule has 4 rings (SSSR count). The Hall–Kier alpha value is -2.64. The maximum atomic E-state index is 12.0. The summed E-state index contributed by atoms with van der Waals surface area (Å²) >= 11 is 0. The first-order valence-electron chi connectivity index (χ1n) is 10.1. The number of allylic oxidation sites excluding steroid dienone is 8. The summed E-state index contributed by atoms with van der Waals surface area (Å²) in [7, 11) is -10.6. The van der Waals surface area contributed by atoms with Crippen molar-refractivity contribution in [1.29, 1.82) is 0 Å². The number of phenolic OH excluding ortho intramolecular Hbond substituents is 2. The van der Waals surface area contributed by atoms with Crippen molar-refractivity contribution in [3.63, 3.8) is 0 Å². The summed E-state index contributed by atoms with van der Waals surface area (Å²) in [6, 6.07) is 6.26. The summed E-state index contributed by atoms with van der Waals surface area (Å²) in [4.78, 5) is -1.77. The van der Waals surface area contributed by atoms with Gasteiger partial charge in [-0.05, 0) is 48.5 Å². The fourth-order valence-electron chi connectivity index (χ4n) is 2.20. The Balaban J connectivity index is 0.000000537. The van der Waals surface area contributed by atoms with Crippen molar-refractivity contribution in [3.05, 3.63) is 97.1 Å². The first-order valence-corrected chi connectivity index (χ1v) is 13.1. The molecule has 0 atom stereocenters. The zero-order chi connectivity index (χ0) is 29.0. The van der Waals surface area contributed by atoms with E-state index in [2.05, 4.69) is 24.3 Å². The number of halogens is 6. The molecule has 0 amide bonds. The quantitative estimate of drug-likeness (QED) is 0.300. The van der Waals surface area contributed by atoms with Gasteiger partial charge in [0.25, 0.3) is 19.7 Å². The van der Waals surface area contributed by atoms with E-state index in [0.717, 1.165) is 37.1 Å². The molecule has 0 aromatic heterocycles. The number of sulfone groups is 2. The molecule has 2 aromatic carbocycles. The molecule has 2 N–H and O–H groups in total. The number of alkyl halides is 6. The molecule has 0 aliphatic heterocycles. The molecule has 210 valence electrons. The van der Waals surface area contributed by atoms with E-state index >= 15 is 0 Å². The van der Waals surface area contributed by atoms with E-state index in [4.69, 9.17) is 10.2 Å². The molecule has 2 aliphatic carbocycles. The first kappa shape index (κ1) is 36.4. The van der Waals surface area contributed by atoms with Crippen LogP contribution < -0.4 is 0 Å². The number of rotatable bonds is 2. The molecule has 6 nitrogen and oxygen atoms in total. The molecule has 0 radical (unpaired) electrons. The molecule has 0 saturated carbocycles. The van der Waals surface area contributed by atoms with Crippen molar-refractivity contribution in [2.75, 3.05) is 0 Å². The average molecular weight is 674 g/mol. The predicted molar refractivity (Wildman–Crippen MR) is 126 cm³/mol. The van der Waals surface area contributed by atoms with Crippen molar-refractivity contribution in [2.24, 2.45) is 0 Å². The zero-order valence-electron chi connectivity index (χ0n) is 19.6. The van der Waals surface area contributed by atoms with Crippen LogP contribution in [0.4, 0.5) is 26.3 Å². The summed E-state index contributed by atoms with van der Waals surface area (Å²) in [5, 5.41) is 17.5. The second kappa shape index (κ2) is 15.8. The van der Waals surface area contributed by atoms with Gasteiger partial charge in [-0.15, -0.1) is 12.8 Å². The molecule has 0 saturated heterocycles. The predicted octanol–water partition coefficient (Wildman–Crippen LogP) is 5.98. The minimum absolute atomic E-state index is 0. The van der Waals surface area contributed by atoms with Gasteiger partial charge in [0, 0.05) is 0 Å². The minimum Gasteiger partial charge on any atom is -0.508 e. The largest absolute Gasteiger partial charge is 2.00 e. The summed E-state index contributed by atoms with van der Waals surface area (Å²) in [6.45, 7) is 0. The van der Waals surface area contributed by atoms with Crippen LogP contribution in [0.15, 0.2) is 94.8 Å². The number of hydrogen-bond acceptors (Lipinski definition) is 6. The number of hydrogen-bond donors (Lipinski definition) is 2. The van der Waals surface area contributed by atoms with Gasteiger partial charge in [0.05, 0.1) is 9.79 Å². The van der Waals surface area contributed by atoms with Gasteiger partial charge in [0.15, 0.2) is 0 Å². The fourth-order valence-corrected chi connectivity index (χ4v) is 3.72. The average Bonchev–Trinajstić information content (AvgIpc) is 3.58. The minimum atomic E-state index is -5.32. The van der Waals surface area contributed by atoms with Crippen LogP contribution in [0.2, 0.25) is 0 Å². The Bertz CT molecular complexity index is 1230. The molecule has 2 aromatic rings. The van der Waals surface area contributed by atoms with E-state index in [0.29, 0.717) is 24.3 Å². The van der Waals surface area contributed by atoms with Crippen molar-refractivity contribution in [2.45, 2.75) is 33.6 Å². The molecular weight excluding hydrogens is 654 g/mol. The second-order valence-electron chi connectivity index (χ2n) is 6.89. The number of benzene rings is 2. The van der Waals surface area contributed by atoms with E-state index < -0.39 is 40.5 Å². The molecule has 0 unspecified atom stereocenters. The second-order valence-corrected chi connectivity index (χ2v) is 10.8. The molecular formula is C24H20F6O6S2Zr. The van der Waals surface area contributed by atoms with Gasteiger partial charge in [0.2, 0.25) is 0 Å². The Kier molecular flexibility index (Phi) is 14.8. The van der Waals surface area contributed by atoms with E-state index in [-0.39, 0.29) is 37.7 Å². The summed E-state index contributed by atoms with van der Waals surface area (Å²) in [5.41, 5.74) is -10.6. The van der Waals surface area contributed by atoms with Crippen LogP contribution in [0.3, 0.4) is 0 Å². The zero-order valence-corrected chi connectivity index (χ0v) is 23.7. The maximum Gasteiger partial charge on any atom is 2.00 e. The molecule has 39 heavy (non-hydrogen) atoms. The molecule has 0 fully saturated rings. The van der Waals surface area contributed by atoms with Crippen LogP contribution in [-0.2, 0) is 45.9 Å². The van der Waals surface area contributed by atoms with Crippen molar-refractivity contribution >= 4 is 19.7 Å². The van der Waals surface area contributed by atoms with Crippen molar-refractivity contribution < 1.29 is 79.6 Å². The maximum absolute atomic E-state index is 12.0. The Labute approximate surface area is 240 Å². The molecule has 0 bridgehead atoms. The van der Waals surface area contributed by atoms with E-state index in [9.17, 15) is 43.2 Å². The number of aromatic hydroxyl groups is 2. The van der Waals surface area contributed by atoms with E-state index in [1.807, 2.05) is 24.3 Å². The van der Waals surface area contributed by atoms with Gasteiger partial charge >= 0.3 is 37.2 Å². The fraction of sp³-hybridized carbons (Fsp3) is 0.167. The van der Waals surface area contributed by atoms with E-state index in [1.165, 1.54) is 0 Å². The number of phenols is 2. The summed E-state index contributed by atoms with van der Waals surface area (Å²) < 4.78 is 115. The van der Waals surface area contributed by atoms with Crippen LogP contribution in [0.5, 0.6) is 11.5 Å². The van der Waals surface area contributed by atoms with E-state index in [1.54, 1.807) is 0 Å². The normalized spacial score (nSPS) is 13.7. The third-order valence-electron chi connectivity index (χ3n) is 4.08. The summed E-state index contributed by atoms with van der Waals surface area (Å²) in [6.07, 6.45) is 20.0. The summed E-state index contributed by atoms with van der Waals surface area (Å²) in [5.74, 6) is -0.600. The standard InChI is InChI=1S/2C7H5F3O3S.2C5H5.Zr/c2*8-7(9,10)14(12,13)6-3-1-5(11)2-4-6;2*1-2-4-5-3-1;/h2*1-4,11H;2*1-3H,4H2;/q;;2*-1;+2. The van der Waals surface area contributed by atoms with Gasteiger partial charge in [-0.1, -0.05) is 0 Å². The van der Waals surface area contributed by atoms with Crippen LogP contribution in [-0.4, -0.2) is 38.1 Å². The van der Waals surface area contributed by atoms with Gasteiger partial charge in [-0.2, -0.15) is 38.5 Å². The third kappa shape index (κ3) is 12.0. The molecule has 2 aliphatic rings. The van der Waals surface area contributed by atoms with Crippen LogP contribution in [0, 0.1) is 12.2 Å². The van der Waals surface area contributed by atoms with Crippen LogP contribution >= 0.6 is 0 Å². The van der Waals surface area contributed by atoms with Gasteiger partial charge < -0.3 is 10.2 Å². The van der Waals surface area contributed by atoms with Gasteiger partial charge in [-0.3, -0.25) is 12.2 Å². The SMILES string of the molecule is O=S(=O)(c1ccc(O)cc1)C(F)(F)F.O=S(=O)(c1ccc(O)cc1)C(F)(F)F.[C-]1=CC=CC1.[C-]1=CC=CC1.[Zr+2]. The molecule has 15 heteroatoms. The first-order chi connectivity index (χ1) is 17.5. The monoisotopic (exact) mass is 672 g/mol. The smallest absolute Gasteiger partial charge is 0.508 e. The Morgan fingerprint density at radius 3 is 1.03 bits per heavy atom. The van der Waals surface area contributed by atoms with Crippen molar-refractivity contribution in [1.82, 2.24) is 0 Å². The van der Waals surface area contributed by atoms with Crippen LogP contribution in [0.1, 0.15) is 12.8 Å². The van der Waals surface area contributed by atoms with Gasteiger partial charge in [0.1, 0.15) is 11.5 Å². The van der Waals surface area contributed by atoms with Crippen molar-refractivity contribution in [3.8, 4) is 11.5 Å². The van der Waals surface area contributed by atoms with Gasteiger partial charge in [-0.25, -0.2) is 41.1 Å². The Morgan fingerprint density at radius 1 is 0.590 bits per heavy atom.